The van der Waals surface area contributed by atoms with E-state index in [1.54, 1.807) is 36.1 Å². The van der Waals surface area contributed by atoms with E-state index in [0.29, 0.717) is 64.6 Å². The van der Waals surface area contributed by atoms with Gasteiger partial charge in [0.1, 0.15) is 23.6 Å². The molecular weight excluding hydrogens is 449 g/mol. The van der Waals surface area contributed by atoms with E-state index in [-0.39, 0.29) is 17.6 Å². The first-order valence-electron chi connectivity index (χ1n) is 11.6. The molecule has 0 spiro atoms. The van der Waals surface area contributed by atoms with Gasteiger partial charge in [-0.3, -0.25) is 9.48 Å². The van der Waals surface area contributed by atoms with Gasteiger partial charge in [0.15, 0.2) is 0 Å². The number of methoxy groups -OCH3 is 1. The van der Waals surface area contributed by atoms with Crippen LogP contribution in [-0.2, 0) is 16.1 Å². The van der Waals surface area contributed by atoms with Crippen molar-refractivity contribution < 1.29 is 18.7 Å². The van der Waals surface area contributed by atoms with Gasteiger partial charge in [-0.05, 0) is 31.5 Å². The number of nitrogens with one attached hydrogen (secondary N) is 1. The standard InChI is InChI=1S/C26H24FN5O3/c1-3-32-11-18(24(31-32)16-6-4-5-7-19(16)27)23-17-8-21(22(34-2)9-20(17)28-14-29-23)30-25(33)26-10-15(26)12-35-13-26/h4-9,11,14-15H,3,10,12-13H2,1-2H3,(H,30,33)/t15-,26-/m0/s1. The molecule has 2 aliphatic rings. The van der Waals surface area contributed by atoms with Gasteiger partial charge in [0.05, 0.1) is 42.6 Å². The van der Waals surface area contributed by atoms with Crippen LogP contribution in [0.4, 0.5) is 10.1 Å². The molecule has 35 heavy (non-hydrogen) atoms. The average molecular weight is 474 g/mol. The molecule has 1 saturated heterocycles. The number of fused-ring (bicyclic) bond motifs is 2. The lowest BCUT2D eigenvalue weighted by molar-refractivity contribution is -0.121. The van der Waals surface area contributed by atoms with Crippen LogP contribution < -0.4 is 10.1 Å². The molecule has 178 valence electrons. The lowest BCUT2D eigenvalue weighted by Gasteiger charge is -2.16. The molecular formula is C26H24FN5O3. The number of aromatic nitrogens is 4. The van der Waals surface area contributed by atoms with Crippen molar-refractivity contribution >= 4 is 22.5 Å². The zero-order chi connectivity index (χ0) is 24.2. The van der Waals surface area contributed by atoms with Gasteiger partial charge in [-0.1, -0.05) is 12.1 Å². The summed E-state index contributed by atoms with van der Waals surface area (Å²) in [5, 5.41) is 8.37. The molecule has 9 heteroatoms. The molecule has 0 unspecified atom stereocenters. The SMILES string of the molecule is CCn1cc(-c2ncnc3cc(OC)c(NC(=O)[C@@]45COC[C@@H]4C5)cc23)c(-c2ccccc2F)n1. The summed E-state index contributed by atoms with van der Waals surface area (Å²) in [5.41, 5.74) is 2.88. The summed E-state index contributed by atoms with van der Waals surface area (Å²) in [6, 6.07) is 10.1. The number of anilines is 1. The quantitative estimate of drug-likeness (QED) is 0.449. The average Bonchev–Trinajstić information content (AvgIpc) is 3.21. The maximum atomic E-state index is 14.7. The largest absolute Gasteiger partial charge is 0.494 e. The van der Waals surface area contributed by atoms with Crippen LogP contribution in [0.2, 0.25) is 0 Å². The molecule has 0 bridgehead atoms. The molecule has 1 amide bonds. The van der Waals surface area contributed by atoms with Gasteiger partial charge in [-0.25, -0.2) is 14.4 Å². The van der Waals surface area contributed by atoms with E-state index in [1.807, 2.05) is 19.2 Å². The van der Waals surface area contributed by atoms with Crippen molar-refractivity contribution in [2.24, 2.45) is 11.3 Å². The van der Waals surface area contributed by atoms with Crippen molar-refractivity contribution in [1.29, 1.82) is 0 Å². The van der Waals surface area contributed by atoms with E-state index < -0.39 is 5.41 Å². The normalized spacial score (nSPS) is 20.6. The van der Waals surface area contributed by atoms with Crippen LogP contribution in [0, 0.1) is 17.2 Å². The van der Waals surface area contributed by atoms with Crippen molar-refractivity contribution in [3.63, 3.8) is 0 Å². The van der Waals surface area contributed by atoms with Gasteiger partial charge in [-0.2, -0.15) is 5.10 Å². The molecule has 2 fully saturated rings. The number of carbonyl (C=O) groups is 1. The van der Waals surface area contributed by atoms with E-state index in [0.717, 1.165) is 6.42 Å². The van der Waals surface area contributed by atoms with E-state index in [2.05, 4.69) is 20.4 Å². The predicted molar refractivity (Wildman–Crippen MR) is 128 cm³/mol. The van der Waals surface area contributed by atoms with Gasteiger partial charge in [0.2, 0.25) is 5.91 Å². The predicted octanol–water partition coefficient (Wildman–Crippen LogP) is 4.30. The molecule has 1 aliphatic carbocycles. The Hall–Kier alpha value is -3.85. The van der Waals surface area contributed by atoms with Gasteiger partial charge in [0.25, 0.3) is 0 Å². The summed E-state index contributed by atoms with van der Waals surface area (Å²) in [4.78, 5) is 22.1. The number of hydrogen-bond donors (Lipinski definition) is 1. The Morgan fingerprint density at radius 3 is 2.83 bits per heavy atom. The molecule has 8 nitrogen and oxygen atoms in total. The molecule has 4 aromatic rings. The minimum absolute atomic E-state index is 0.0677. The van der Waals surface area contributed by atoms with Crippen molar-refractivity contribution in [3.8, 4) is 28.3 Å². The number of benzene rings is 2. The fourth-order valence-corrected chi connectivity index (χ4v) is 4.92. The summed E-state index contributed by atoms with van der Waals surface area (Å²) >= 11 is 0. The van der Waals surface area contributed by atoms with Gasteiger partial charge in [0, 0.05) is 41.2 Å². The number of nitrogens with zero attached hydrogens (tertiary/aromatic N) is 4. The highest BCUT2D eigenvalue weighted by Gasteiger charge is 2.63. The number of hydrogen-bond acceptors (Lipinski definition) is 6. The maximum Gasteiger partial charge on any atom is 0.233 e. The van der Waals surface area contributed by atoms with Crippen LogP contribution in [0.15, 0.2) is 48.9 Å². The number of carbonyl (C=O) groups excluding carboxylic acids is 1. The van der Waals surface area contributed by atoms with Crippen LogP contribution in [0.3, 0.4) is 0 Å². The Kier molecular flexibility index (Phi) is 5.03. The third-order valence-corrected chi connectivity index (χ3v) is 7.04. The fourth-order valence-electron chi connectivity index (χ4n) is 4.92. The van der Waals surface area contributed by atoms with Crippen molar-refractivity contribution in [3.05, 3.63) is 54.7 Å². The molecule has 2 atom stereocenters. The monoisotopic (exact) mass is 473 g/mol. The third-order valence-electron chi connectivity index (χ3n) is 7.04. The van der Waals surface area contributed by atoms with E-state index >= 15 is 0 Å². The molecule has 2 aromatic heterocycles. The Labute approximate surface area is 201 Å². The lowest BCUT2D eigenvalue weighted by Crippen LogP contribution is -2.27. The fraction of sp³-hybridized carbons (Fsp3) is 0.308. The molecule has 2 aromatic carbocycles. The van der Waals surface area contributed by atoms with Crippen LogP contribution in [0.25, 0.3) is 33.4 Å². The minimum Gasteiger partial charge on any atom is -0.494 e. The van der Waals surface area contributed by atoms with Crippen LogP contribution in [0.5, 0.6) is 5.75 Å². The van der Waals surface area contributed by atoms with Crippen molar-refractivity contribution in [2.45, 2.75) is 19.9 Å². The second-order valence-corrected chi connectivity index (χ2v) is 9.05. The number of aryl methyl sites for hydroxylation is 1. The zero-order valence-electron chi connectivity index (χ0n) is 19.4. The minimum atomic E-state index is -0.448. The summed E-state index contributed by atoms with van der Waals surface area (Å²) < 4.78 is 27.6. The summed E-state index contributed by atoms with van der Waals surface area (Å²) in [7, 11) is 1.55. The number of amides is 1. The van der Waals surface area contributed by atoms with Crippen LogP contribution in [0.1, 0.15) is 13.3 Å². The number of ether oxygens (including phenoxy) is 2. The zero-order valence-corrected chi connectivity index (χ0v) is 19.4. The molecule has 3 heterocycles. The van der Waals surface area contributed by atoms with Gasteiger partial charge in [-0.15, -0.1) is 0 Å². The summed E-state index contributed by atoms with van der Waals surface area (Å²) in [6.45, 7) is 3.65. The second kappa shape index (κ2) is 8.13. The van der Waals surface area contributed by atoms with Gasteiger partial charge < -0.3 is 14.8 Å². The number of rotatable bonds is 6. The second-order valence-electron chi connectivity index (χ2n) is 9.05. The summed E-state index contributed by atoms with van der Waals surface area (Å²) in [6.07, 6.45) is 4.16. The molecule has 1 saturated carbocycles. The smallest absolute Gasteiger partial charge is 0.233 e. The van der Waals surface area contributed by atoms with E-state index in [9.17, 15) is 9.18 Å². The van der Waals surface area contributed by atoms with Crippen LogP contribution in [-0.4, -0.2) is 46.0 Å². The number of halogens is 1. The molecule has 0 radical (unpaired) electrons. The first-order chi connectivity index (χ1) is 17.0. The van der Waals surface area contributed by atoms with Crippen LogP contribution >= 0.6 is 0 Å². The first kappa shape index (κ1) is 21.7. The third kappa shape index (κ3) is 3.46. The lowest BCUT2D eigenvalue weighted by atomic mass is 10.0. The Morgan fingerprint density at radius 1 is 1.26 bits per heavy atom. The Morgan fingerprint density at radius 2 is 2.11 bits per heavy atom. The highest BCUT2D eigenvalue weighted by molar-refractivity contribution is 6.04. The molecule has 6 rings (SSSR count). The maximum absolute atomic E-state index is 14.7. The van der Waals surface area contributed by atoms with Crippen molar-refractivity contribution in [2.75, 3.05) is 25.6 Å². The Balaban J connectivity index is 1.49. The first-order valence-corrected chi connectivity index (χ1v) is 11.6. The van der Waals surface area contributed by atoms with Gasteiger partial charge >= 0.3 is 0 Å². The Bertz CT molecular complexity index is 1470. The highest BCUT2D eigenvalue weighted by Crippen LogP contribution is 2.57. The topological polar surface area (TPSA) is 91.2 Å². The molecule has 1 aliphatic heterocycles. The van der Waals surface area contributed by atoms with Crippen molar-refractivity contribution in [1.82, 2.24) is 19.7 Å². The van der Waals surface area contributed by atoms with E-state index in [1.165, 1.54) is 12.4 Å². The molecule has 1 N–H and O–H groups in total. The summed E-state index contributed by atoms with van der Waals surface area (Å²) in [5.74, 6) is 0.347. The van der Waals surface area contributed by atoms with E-state index in [4.69, 9.17) is 9.47 Å². The highest BCUT2D eigenvalue weighted by atomic mass is 19.1.